The highest BCUT2D eigenvalue weighted by Gasteiger charge is 2.52. The quantitative estimate of drug-likeness (QED) is 0.787. The van der Waals surface area contributed by atoms with Crippen LogP contribution in [0.25, 0.3) is 0 Å². The lowest BCUT2D eigenvalue weighted by Gasteiger charge is -2.51. The summed E-state index contributed by atoms with van der Waals surface area (Å²) in [6.45, 7) is 3.61. The molecule has 0 amide bonds. The van der Waals surface area contributed by atoms with Gasteiger partial charge in [-0.2, -0.15) is 0 Å². The predicted molar refractivity (Wildman–Crippen MR) is 59.9 cm³/mol. The Bertz CT molecular complexity index is 300. The predicted octanol–water partition coefficient (Wildman–Crippen LogP) is 3.26. The van der Waals surface area contributed by atoms with Crippen LogP contribution in [0.15, 0.2) is 0 Å². The minimum Gasteiger partial charge on any atom is -0.481 e. The van der Waals surface area contributed by atoms with Gasteiger partial charge < -0.3 is 5.11 Å². The maximum atomic E-state index is 13.3. The summed E-state index contributed by atoms with van der Waals surface area (Å²) in [4.78, 5) is 11.3. The van der Waals surface area contributed by atoms with Crippen LogP contribution in [-0.4, -0.2) is 17.8 Å². The lowest BCUT2D eigenvalue weighted by molar-refractivity contribution is -0.158. The molecule has 2 nitrogen and oxygen atoms in total. The molecule has 1 N–H and O–H groups in total. The molecule has 2 fully saturated rings. The van der Waals surface area contributed by atoms with E-state index in [1.54, 1.807) is 6.92 Å². The van der Waals surface area contributed by atoms with Gasteiger partial charge in [-0.3, -0.25) is 9.18 Å². The van der Waals surface area contributed by atoms with Crippen molar-refractivity contribution in [1.82, 2.24) is 0 Å². The van der Waals surface area contributed by atoms with Gasteiger partial charge in [-0.25, -0.2) is 0 Å². The molecular weight excluding hydrogens is 207 g/mol. The maximum Gasteiger partial charge on any atom is 0.309 e. The summed E-state index contributed by atoms with van der Waals surface area (Å²) in [5.74, 6) is 0.215. The number of carboxylic acids is 1. The molecule has 2 aliphatic rings. The van der Waals surface area contributed by atoms with Gasteiger partial charge in [0.1, 0.15) is 0 Å². The average Bonchev–Trinajstić information content (AvgIpc) is 2.15. The topological polar surface area (TPSA) is 37.3 Å². The Hall–Kier alpha value is -0.600. The molecule has 0 aliphatic heterocycles. The molecular formula is C13H21FO2. The summed E-state index contributed by atoms with van der Waals surface area (Å²) in [7, 11) is 0. The Kier molecular flexibility index (Phi) is 2.75. The first-order chi connectivity index (χ1) is 7.39. The number of aliphatic carboxylic acids is 1. The van der Waals surface area contributed by atoms with Gasteiger partial charge in [0.15, 0.2) is 0 Å². The SMILES string of the molecule is CC1CC2CC(CF)(C1)CC(C)(C(=O)O)C2. The number of alkyl halides is 1. The van der Waals surface area contributed by atoms with E-state index in [2.05, 4.69) is 6.92 Å². The van der Waals surface area contributed by atoms with E-state index < -0.39 is 11.4 Å². The van der Waals surface area contributed by atoms with Crippen LogP contribution in [0.3, 0.4) is 0 Å². The summed E-state index contributed by atoms with van der Waals surface area (Å²) in [5, 5.41) is 9.31. The number of carbonyl (C=O) groups is 1. The number of hydrogen-bond donors (Lipinski definition) is 1. The molecule has 0 saturated heterocycles. The van der Waals surface area contributed by atoms with Crippen molar-refractivity contribution in [2.24, 2.45) is 22.7 Å². The Morgan fingerprint density at radius 2 is 2.12 bits per heavy atom. The molecule has 0 heterocycles. The van der Waals surface area contributed by atoms with Crippen LogP contribution in [0.2, 0.25) is 0 Å². The van der Waals surface area contributed by atoms with E-state index in [4.69, 9.17) is 0 Å². The molecule has 0 radical (unpaired) electrons. The molecule has 0 aromatic heterocycles. The normalized spacial score (nSPS) is 47.7. The van der Waals surface area contributed by atoms with Crippen molar-refractivity contribution in [2.45, 2.75) is 46.0 Å². The molecule has 2 aliphatic carbocycles. The Labute approximate surface area is 96.2 Å². The molecule has 92 valence electrons. The average molecular weight is 228 g/mol. The minimum absolute atomic E-state index is 0.340. The summed E-state index contributed by atoms with van der Waals surface area (Å²) >= 11 is 0. The van der Waals surface area contributed by atoms with Crippen molar-refractivity contribution in [3.63, 3.8) is 0 Å². The van der Waals surface area contributed by atoms with Crippen molar-refractivity contribution in [3.8, 4) is 0 Å². The van der Waals surface area contributed by atoms with E-state index in [1.807, 2.05) is 0 Å². The first-order valence-electron chi connectivity index (χ1n) is 6.18. The molecule has 0 aromatic rings. The van der Waals surface area contributed by atoms with Crippen LogP contribution in [0.1, 0.15) is 46.0 Å². The van der Waals surface area contributed by atoms with Crippen molar-refractivity contribution in [1.29, 1.82) is 0 Å². The second kappa shape index (κ2) is 3.71. The van der Waals surface area contributed by atoms with Gasteiger partial charge >= 0.3 is 5.97 Å². The van der Waals surface area contributed by atoms with E-state index in [-0.39, 0.29) is 12.1 Å². The molecule has 4 atom stereocenters. The fourth-order valence-corrected chi connectivity index (χ4v) is 4.33. The van der Waals surface area contributed by atoms with E-state index in [0.717, 1.165) is 25.7 Å². The zero-order valence-electron chi connectivity index (χ0n) is 10.1. The molecule has 0 aromatic carbocycles. The van der Waals surface area contributed by atoms with Crippen LogP contribution in [0.5, 0.6) is 0 Å². The Morgan fingerprint density at radius 1 is 1.44 bits per heavy atom. The van der Waals surface area contributed by atoms with Crippen molar-refractivity contribution < 1.29 is 14.3 Å². The molecule has 0 spiro atoms. The van der Waals surface area contributed by atoms with E-state index in [0.29, 0.717) is 18.3 Å². The number of halogens is 1. The first kappa shape index (κ1) is 11.9. The molecule has 2 bridgehead atoms. The van der Waals surface area contributed by atoms with Gasteiger partial charge in [-0.15, -0.1) is 0 Å². The van der Waals surface area contributed by atoms with E-state index >= 15 is 0 Å². The van der Waals surface area contributed by atoms with E-state index in [9.17, 15) is 14.3 Å². The second-order valence-electron chi connectivity index (χ2n) is 6.50. The second-order valence-corrected chi connectivity index (χ2v) is 6.50. The number of carboxylic acid groups (broad SMARTS) is 1. The van der Waals surface area contributed by atoms with Gasteiger partial charge in [-0.1, -0.05) is 6.92 Å². The van der Waals surface area contributed by atoms with E-state index in [1.165, 1.54) is 0 Å². The first-order valence-corrected chi connectivity index (χ1v) is 6.18. The monoisotopic (exact) mass is 228 g/mol. The van der Waals surface area contributed by atoms with Gasteiger partial charge in [0.25, 0.3) is 0 Å². The van der Waals surface area contributed by atoms with Gasteiger partial charge in [0, 0.05) is 5.41 Å². The number of hydrogen-bond acceptors (Lipinski definition) is 1. The molecule has 2 rings (SSSR count). The lowest BCUT2D eigenvalue weighted by Crippen LogP contribution is -2.48. The van der Waals surface area contributed by atoms with Crippen LogP contribution >= 0.6 is 0 Å². The number of fused-ring (bicyclic) bond motifs is 2. The highest BCUT2D eigenvalue weighted by molar-refractivity contribution is 5.74. The lowest BCUT2D eigenvalue weighted by atomic mass is 9.53. The minimum atomic E-state index is -0.746. The van der Waals surface area contributed by atoms with Gasteiger partial charge in [0.2, 0.25) is 0 Å². The molecule has 2 saturated carbocycles. The Morgan fingerprint density at radius 3 is 2.69 bits per heavy atom. The zero-order valence-corrected chi connectivity index (χ0v) is 10.1. The highest BCUT2D eigenvalue weighted by Crippen LogP contribution is 2.57. The molecule has 4 unspecified atom stereocenters. The van der Waals surface area contributed by atoms with Gasteiger partial charge in [0.05, 0.1) is 12.1 Å². The Balaban J connectivity index is 2.26. The van der Waals surface area contributed by atoms with Crippen LogP contribution in [0, 0.1) is 22.7 Å². The maximum absolute atomic E-state index is 13.3. The van der Waals surface area contributed by atoms with Crippen molar-refractivity contribution in [3.05, 3.63) is 0 Å². The summed E-state index contributed by atoms with van der Waals surface area (Å²) < 4.78 is 13.3. The standard InChI is InChI=1S/C13H21FO2/c1-9-3-10-5-12(2,11(15)16)7-13(4-9,6-10)8-14/h9-10H,3-8H2,1-2H3,(H,15,16). The summed E-state index contributed by atoms with van der Waals surface area (Å²) in [5.41, 5.74) is -1.04. The summed E-state index contributed by atoms with van der Waals surface area (Å²) in [6.07, 6.45) is 4.09. The summed E-state index contributed by atoms with van der Waals surface area (Å²) in [6, 6.07) is 0. The molecule has 3 heteroatoms. The third-order valence-corrected chi connectivity index (χ3v) is 4.54. The number of rotatable bonds is 2. The van der Waals surface area contributed by atoms with Crippen LogP contribution in [0.4, 0.5) is 4.39 Å². The van der Waals surface area contributed by atoms with Crippen molar-refractivity contribution >= 4 is 5.97 Å². The smallest absolute Gasteiger partial charge is 0.309 e. The fourth-order valence-electron chi connectivity index (χ4n) is 4.33. The largest absolute Gasteiger partial charge is 0.481 e. The van der Waals surface area contributed by atoms with Crippen molar-refractivity contribution in [2.75, 3.05) is 6.67 Å². The van der Waals surface area contributed by atoms with Gasteiger partial charge in [-0.05, 0) is 50.9 Å². The van der Waals surface area contributed by atoms with Crippen LogP contribution in [-0.2, 0) is 4.79 Å². The third kappa shape index (κ3) is 1.85. The van der Waals surface area contributed by atoms with Crippen LogP contribution < -0.4 is 0 Å². The highest BCUT2D eigenvalue weighted by atomic mass is 19.1. The third-order valence-electron chi connectivity index (χ3n) is 4.54. The fraction of sp³-hybridized carbons (Fsp3) is 0.923. The molecule has 16 heavy (non-hydrogen) atoms. The zero-order chi connectivity index (χ0) is 12.0.